The molecule has 3 fully saturated rings. The van der Waals surface area contributed by atoms with Gasteiger partial charge in [-0.05, 0) is 45.1 Å². The molecule has 0 spiro atoms. The van der Waals surface area contributed by atoms with E-state index >= 15 is 0 Å². The van der Waals surface area contributed by atoms with Crippen molar-refractivity contribution >= 4 is 6.03 Å². The van der Waals surface area contributed by atoms with Gasteiger partial charge >= 0.3 is 6.03 Å². The zero-order valence-electron chi connectivity index (χ0n) is 15.6. The fourth-order valence-corrected chi connectivity index (χ4v) is 4.38. The standard InChI is InChI=1S/C18H30N6O2/c1-13(14-4-3-7-23(10-14)15-5-2-6-15)21-18(25)24-8-9-26-11-16(24)17-19-12-20-22-17/h12-16H,2-11H2,1H3,(H,21,25)(H,19,20,22). The third kappa shape index (κ3) is 3.71. The molecule has 0 aromatic carbocycles. The molecule has 2 aliphatic heterocycles. The molecule has 3 heterocycles. The van der Waals surface area contributed by atoms with Crippen LogP contribution in [0.2, 0.25) is 0 Å². The molecular formula is C18H30N6O2. The maximum absolute atomic E-state index is 12.9. The van der Waals surface area contributed by atoms with Crippen molar-refractivity contribution in [3.05, 3.63) is 12.2 Å². The van der Waals surface area contributed by atoms with Gasteiger partial charge in [0.25, 0.3) is 0 Å². The molecular weight excluding hydrogens is 332 g/mol. The Labute approximate surface area is 154 Å². The number of nitrogens with one attached hydrogen (secondary N) is 2. The summed E-state index contributed by atoms with van der Waals surface area (Å²) in [6.07, 6.45) is 7.97. The van der Waals surface area contributed by atoms with Crippen LogP contribution in [-0.2, 0) is 4.74 Å². The normalized spacial score (nSPS) is 29.2. The lowest BCUT2D eigenvalue weighted by molar-refractivity contribution is 0.00690. The molecule has 26 heavy (non-hydrogen) atoms. The molecule has 2 saturated heterocycles. The summed E-state index contributed by atoms with van der Waals surface area (Å²) in [5.41, 5.74) is 0. The zero-order chi connectivity index (χ0) is 17.9. The van der Waals surface area contributed by atoms with Gasteiger partial charge in [0, 0.05) is 25.2 Å². The number of hydrogen-bond acceptors (Lipinski definition) is 5. The minimum absolute atomic E-state index is 0.0250. The van der Waals surface area contributed by atoms with Crippen molar-refractivity contribution in [1.29, 1.82) is 0 Å². The largest absolute Gasteiger partial charge is 0.377 e. The van der Waals surface area contributed by atoms with Crippen LogP contribution in [0.5, 0.6) is 0 Å². The van der Waals surface area contributed by atoms with E-state index in [0.717, 1.165) is 12.6 Å². The second-order valence-electron chi connectivity index (χ2n) is 7.87. The summed E-state index contributed by atoms with van der Waals surface area (Å²) in [5.74, 6) is 1.21. The monoisotopic (exact) mass is 362 g/mol. The molecule has 1 aromatic heterocycles. The van der Waals surface area contributed by atoms with Gasteiger partial charge in [-0.1, -0.05) is 6.42 Å². The number of aromatic amines is 1. The first kappa shape index (κ1) is 17.7. The van der Waals surface area contributed by atoms with Gasteiger partial charge in [-0.15, -0.1) is 0 Å². The first-order chi connectivity index (χ1) is 12.7. The Balaban J connectivity index is 1.35. The highest BCUT2D eigenvalue weighted by atomic mass is 16.5. The van der Waals surface area contributed by atoms with E-state index in [4.69, 9.17) is 4.74 Å². The molecule has 2 N–H and O–H groups in total. The van der Waals surface area contributed by atoms with E-state index in [1.807, 2.05) is 4.90 Å². The van der Waals surface area contributed by atoms with Crippen LogP contribution in [0.3, 0.4) is 0 Å². The number of piperidine rings is 1. The predicted molar refractivity (Wildman–Crippen MR) is 96.6 cm³/mol. The maximum atomic E-state index is 12.9. The van der Waals surface area contributed by atoms with E-state index in [-0.39, 0.29) is 18.1 Å². The van der Waals surface area contributed by atoms with Crippen molar-refractivity contribution in [1.82, 2.24) is 30.3 Å². The lowest BCUT2D eigenvalue weighted by atomic mass is 9.85. The number of aromatic nitrogens is 3. The van der Waals surface area contributed by atoms with Crippen molar-refractivity contribution in [3.63, 3.8) is 0 Å². The Morgan fingerprint density at radius 1 is 1.35 bits per heavy atom. The van der Waals surface area contributed by atoms with E-state index in [9.17, 15) is 4.79 Å². The lowest BCUT2D eigenvalue weighted by Gasteiger charge is -2.44. The Morgan fingerprint density at radius 3 is 2.96 bits per heavy atom. The first-order valence-electron chi connectivity index (χ1n) is 9.96. The molecule has 0 radical (unpaired) electrons. The van der Waals surface area contributed by atoms with E-state index in [1.54, 1.807) is 0 Å². The number of H-pyrrole nitrogens is 1. The molecule has 144 valence electrons. The van der Waals surface area contributed by atoms with Crippen LogP contribution in [0.4, 0.5) is 4.79 Å². The van der Waals surface area contributed by atoms with Crippen LogP contribution in [0.15, 0.2) is 6.33 Å². The number of amides is 2. The topological polar surface area (TPSA) is 86.4 Å². The van der Waals surface area contributed by atoms with Crippen LogP contribution in [-0.4, -0.2) is 75.9 Å². The number of urea groups is 1. The number of rotatable bonds is 4. The summed E-state index contributed by atoms with van der Waals surface area (Å²) < 4.78 is 5.55. The van der Waals surface area contributed by atoms with Gasteiger partial charge in [0.05, 0.1) is 13.2 Å². The van der Waals surface area contributed by atoms with E-state index < -0.39 is 0 Å². The number of carbonyl (C=O) groups is 1. The van der Waals surface area contributed by atoms with Gasteiger partial charge in [-0.25, -0.2) is 9.78 Å². The third-order valence-electron chi connectivity index (χ3n) is 6.28. The highest BCUT2D eigenvalue weighted by molar-refractivity contribution is 5.75. The van der Waals surface area contributed by atoms with Crippen molar-refractivity contribution in [3.8, 4) is 0 Å². The molecule has 1 aromatic rings. The SMILES string of the molecule is CC(NC(=O)N1CCOCC1c1ncn[nH]1)C1CCCN(C2CCC2)C1. The highest BCUT2D eigenvalue weighted by Crippen LogP contribution is 2.30. The minimum atomic E-state index is -0.198. The van der Waals surface area contributed by atoms with Crippen molar-refractivity contribution in [2.24, 2.45) is 5.92 Å². The summed E-state index contributed by atoms with van der Waals surface area (Å²) in [5, 5.41) is 10.0. The van der Waals surface area contributed by atoms with E-state index in [1.165, 1.54) is 45.0 Å². The molecule has 2 amide bonds. The fourth-order valence-electron chi connectivity index (χ4n) is 4.38. The fraction of sp³-hybridized carbons (Fsp3) is 0.833. The molecule has 0 bridgehead atoms. The Morgan fingerprint density at radius 2 is 2.23 bits per heavy atom. The van der Waals surface area contributed by atoms with Crippen LogP contribution in [0.1, 0.15) is 50.9 Å². The maximum Gasteiger partial charge on any atom is 0.318 e. The molecule has 4 rings (SSSR count). The van der Waals surface area contributed by atoms with Gasteiger partial charge in [0.2, 0.25) is 0 Å². The van der Waals surface area contributed by atoms with Gasteiger partial charge in [-0.3, -0.25) is 5.10 Å². The van der Waals surface area contributed by atoms with Gasteiger partial charge in [0.15, 0.2) is 0 Å². The van der Waals surface area contributed by atoms with Crippen LogP contribution >= 0.6 is 0 Å². The van der Waals surface area contributed by atoms with Crippen molar-refractivity contribution in [2.75, 3.05) is 32.8 Å². The Kier molecular flexibility index (Phi) is 5.40. The molecule has 3 atom stereocenters. The molecule has 1 saturated carbocycles. The average Bonchev–Trinajstić information content (AvgIpc) is 3.15. The average molecular weight is 362 g/mol. The second-order valence-corrected chi connectivity index (χ2v) is 7.87. The number of nitrogens with zero attached hydrogens (tertiary/aromatic N) is 4. The summed E-state index contributed by atoms with van der Waals surface area (Å²) in [6, 6.07) is 0.735. The van der Waals surface area contributed by atoms with Crippen LogP contribution in [0, 0.1) is 5.92 Å². The lowest BCUT2D eigenvalue weighted by Crippen LogP contribution is -2.54. The van der Waals surface area contributed by atoms with Gasteiger partial charge in [-0.2, -0.15) is 5.10 Å². The van der Waals surface area contributed by atoms with E-state index in [2.05, 4.69) is 32.3 Å². The summed E-state index contributed by atoms with van der Waals surface area (Å²) in [7, 11) is 0. The van der Waals surface area contributed by atoms with Gasteiger partial charge < -0.3 is 19.9 Å². The number of hydrogen-bond donors (Lipinski definition) is 2. The highest BCUT2D eigenvalue weighted by Gasteiger charge is 2.34. The number of morpholine rings is 1. The summed E-state index contributed by atoms with van der Waals surface area (Å²) >= 11 is 0. The molecule has 8 heteroatoms. The Hall–Kier alpha value is -1.67. The van der Waals surface area contributed by atoms with Crippen LogP contribution < -0.4 is 5.32 Å². The zero-order valence-corrected chi connectivity index (χ0v) is 15.6. The quantitative estimate of drug-likeness (QED) is 0.848. The second kappa shape index (κ2) is 7.92. The molecule has 1 aliphatic carbocycles. The predicted octanol–water partition coefficient (Wildman–Crippen LogP) is 1.54. The first-order valence-corrected chi connectivity index (χ1v) is 9.96. The van der Waals surface area contributed by atoms with Gasteiger partial charge in [0.1, 0.15) is 18.2 Å². The number of likely N-dealkylation sites (tertiary alicyclic amines) is 1. The number of carbonyl (C=O) groups excluding carboxylic acids is 1. The van der Waals surface area contributed by atoms with E-state index in [0.29, 0.717) is 31.5 Å². The Bertz CT molecular complexity index is 591. The molecule has 3 aliphatic rings. The molecule has 3 unspecified atom stereocenters. The molecule has 8 nitrogen and oxygen atoms in total. The van der Waals surface area contributed by atoms with Crippen LogP contribution in [0.25, 0.3) is 0 Å². The third-order valence-corrected chi connectivity index (χ3v) is 6.28. The van der Waals surface area contributed by atoms with Crippen molar-refractivity contribution < 1.29 is 9.53 Å². The summed E-state index contributed by atoms with van der Waals surface area (Å²) in [4.78, 5) is 21.6. The van der Waals surface area contributed by atoms with Crippen molar-refractivity contribution in [2.45, 2.75) is 57.2 Å². The summed E-state index contributed by atoms with van der Waals surface area (Å²) in [6.45, 7) is 6.07. The number of ether oxygens (including phenoxy) is 1. The smallest absolute Gasteiger partial charge is 0.318 e. The minimum Gasteiger partial charge on any atom is -0.377 e.